The number of hydrogen-bond acceptors (Lipinski definition) is 4. The van der Waals surface area contributed by atoms with Crippen LogP contribution in [-0.2, 0) is 11.2 Å². The van der Waals surface area contributed by atoms with E-state index in [-0.39, 0.29) is 11.2 Å². The third-order valence-corrected chi connectivity index (χ3v) is 5.85. The summed E-state index contributed by atoms with van der Waals surface area (Å²) in [5.41, 5.74) is 1.16. The highest BCUT2D eigenvalue weighted by molar-refractivity contribution is 8.00. The van der Waals surface area contributed by atoms with Crippen LogP contribution in [0.2, 0.25) is 5.02 Å². The van der Waals surface area contributed by atoms with Gasteiger partial charge in [0.15, 0.2) is 11.5 Å². The SMILES string of the molecule is CCOc1ccc(CCCNC(=O)[C@@H](CC)Sc2ccc(Cl)cc2)cc1OC. The topological polar surface area (TPSA) is 47.6 Å². The van der Waals surface area contributed by atoms with Gasteiger partial charge in [-0.1, -0.05) is 24.6 Å². The number of ether oxygens (including phenoxy) is 2. The van der Waals surface area contributed by atoms with E-state index in [0.717, 1.165) is 41.2 Å². The van der Waals surface area contributed by atoms with Crippen LogP contribution in [0, 0.1) is 0 Å². The predicted molar refractivity (Wildman–Crippen MR) is 117 cm³/mol. The van der Waals surface area contributed by atoms with Crippen molar-refractivity contribution in [1.29, 1.82) is 0 Å². The van der Waals surface area contributed by atoms with Gasteiger partial charge in [0.05, 0.1) is 19.0 Å². The van der Waals surface area contributed by atoms with Gasteiger partial charge in [0.25, 0.3) is 0 Å². The van der Waals surface area contributed by atoms with Crippen LogP contribution < -0.4 is 14.8 Å². The van der Waals surface area contributed by atoms with E-state index in [1.54, 1.807) is 18.9 Å². The molecule has 0 aromatic heterocycles. The molecule has 152 valence electrons. The van der Waals surface area contributed by atoms with Crippen molar-refractivity contribution in [3.63, 3.8) is 0 Å². The Morgan fingerprint density at radius 3 is 2.54 bits per heavy atom. The minimum atomic E-state index is -0.105. The summed E-state index contributed by atoms with van der Waals surface area (Å²) in [4.78, 5) is 13.5. The third-order valence-electron chi connectivity index (χ3n) is 4.22. The number of thioether (sulfide) groups is 1. The number of hydrogen-bond donors (Lipinski definition) is 1. The summed E-state index contributed by atoms with van der Waals surface area (Å²) in [5, 5.41) is 3.65. The minimum absolute atomic E-state index is 0.0757. The van der Waals surface area contributed by atoms with Crippen molar-refractivity contribution in [3.05, 3.63) is 53.1 Å². The lowest BCUT2D eigenvalue weighted by molar-refractivity contribution is -0.120. The van der Waals surface area contributed by atoms with Crippen LogP contribution in [0.1, 0.15) is 32.3 Å². The van der Waals surface area contributed by atoms with Crippen molar-refractivity contribution in [2.75, 3.05) is 20.3 Å². The number of methoxy groups -OCH3 is 1. The quantitative estimate of drug-likeness (QED) is 0.391. The van der Waals surface area contributed by atoms with E-state index in [2.05, 4.69) is 5.32 Å². The van der Waals surface area contributed by atoms with Crippen molar-refractivity contribution in [2.45, 2.75) is 43.3 Å². The summed E-state index contributed by atoms with van der Waals surface area (Å²) in [6.45, 7) is 5.23. The zero-order valence-electron chi connectivity index (χ0n) is 16.7. The van der Waals surface area contributed by atoms with E-state index in [1.165, 1.54) is 0 Å². The minimum Gasteiger partial charge on any atom is -0.493 e. The molecule has 0 spiro atoms. The Hall–Kier alpha value is -1.85. The van der Waals surface area contributed by atoms with Gasteiger partial charge < -0.3 is 14.8 Å². The molecule has 1 amide bonds. The average molecular weight is 422 g/mol. The van der Waals surface area contributed by atoms with E-state index in [9.17, 15) is 4.79 Å². The monoisotopic (exact) mass is 421 g/mol. The number of nitrogens with one attached hydrogen (secondary N) is 1. The molecule has 4 nitrogen and oxygen atoms in total. The number of carbonyl (C=O) groups is 1. The number of aryl methyl sites for hydroxylation is 1. The molecule has 0 saturated carbocycles. The lowest BCUT2D eigenvalue weighted by atomic mass is 10.1. The first-order chi connectivity index (χ1) is 13.6. The lowest BCUT2D eigenvalue weighted by Gasteiger charge is -2.15. The molecule has 2 aromatic carbocycles. The normalized spacial score (nSPS) is 11.7. The molecule has 28 heavy (non-hydrogen) atoms. The van der Waals surface area contributed by atoms with Gasteiger partial charge in [0, 0.05) is 16.5 Å². The first-order valence-electron chi connectivity index (χ1n) is 9.57. The molecule has 0 radical (unpaired) electrons. The van der Waals surface area contributed by atoms with Crippen molar-refractivity contribution >= 4 is 29.3 Å². The maximum absolute atomic E-state index is 12.5. The Bertz CT molecular complexity index is 752. The van der Waals surface area contributed by atoms with Gasteiger partial charge in [-0.2, -0.15) is 0 Å². The van der Waals surface area contributed by atoms with Gasteiger partial charge in [-0.25, -0.2) is 0 Å². The van der Waals surface area contributed by atoms with Crippen LogP contribution in [0.25, 0.3) is 0 Å². The van der Waals surface area contributed by atoms with Gasteiger partial charge in [-0.05, 0) is 68.1 Å². The van der Waals surface area contributed by atoms with E-state index in [4.69, 9.17) is 21.1 Å². The summed E-state index contributed by atoms with van der Waals surface area (Å²) < 4.78 is 10.9. The van der Waals surface area contributed by atoms with Crippen molar-refractivity contribution < 1.29 is 14.3 Å². The van der Waals surface area contributed by atoms with Gasteiger partial charge in [0.2, 0.25) is 5.91 Å². The van der Waals surface area contributed by atoms with Crippen molar-refractivity contribution in [3.8, 4) is 11.5 Å². The third kappa shape index (κ3) is 6.95. The van der Waals surface area contributed by atoms with Crippen LogP contribution in [0.15, 0.2) is 47.4 Å². The van der Waals surface area contributed by atoms with Crippen LogP contribution >= 0.6 is 23.4 Å². The maximum atomic E-state index is 12.5. The Labute approximate surface area is 177 Å². The summed E-state index contributed by atoms with van der Waals surface area (Å²) in [5.74, 6) is 1.58. The Morgan fingerprint density at radius 2 is 1.89 bits per heavy atom. The first-order valence-corrected chi connectivity index (χ1v) is 10.8. The highest BCUT2D eigenvalue weighted by Gasteiger charge is 2.17. The van der Waals surface area contributed by atoms with Gasteiger partial charge in [-0.15, -0.1) is 11.8 Å². The summed E-state index contributed by atoms with van der Waals surface area (Å²) in [6, 6.07) is 13.6. The number of amides is 1. The van der Waals surface area contributed by atoms with Crippen molar-refractivity contribution in [2.24, 2.45) is 0 Å². The predicted octanol–water partition coefficient (Wildman–Crippen LogP) is 5.37. The highest BCUT2D eigenvalue weighted by atomic mass is 35.5. The summed E-state index contributed by atoms with van der Waals surface area (Å²) in [7, 11) is 1.64. The molecular formula is C22H28ClNO3S. The largest absolute Gasteiger partial charge is 0.493 e. The smallest absolute Gasteiger partial charge is 0.233 e. The molecule has 6 heteroatoms. The second-order valence-corrected chi connectivity index (χ2v) is 7.99. The fourth-order valence-electron chi connectivity index (χ4n) is 2.76. The van der Waals surface area contributed by atoms with E-state index >= 15 is 0 Å². The van der Waals surface area contributed by atoms with Crippen LogP contribution in [0.4, 0.5) is 0 Å². The zero-order chi connectivity index (χ0) is 20.4. The molecule has 0 unspecified atom stereocenters. The van der Waals surface area contributed by atoms with E-state index < -0.39 is 0 Å². The zero-order valence-corrected chi connectivity index (χ0v) is 18.2. The maximum Gasteiger partial charge on any atom is 0.233 e. The molecule has 0 aliphatic heterocycles. The molecule has 0 aliphatic carbocycles. The fourth-order valence-corrected chi connectivity index (χ4v) is 3.86. The Morgan fingerprint density at radius 1 is 1.14 bits per heavy atom. The summed E-state index contributed by atoms with van der Waals surface area (Å²) >= 11 is 7.49. The average Bonchev–Trinajstić information content (AvgIpc) is 2.71. The molecule has 0 bridgehead atoms. The fraction of sp³-hybridized carbons (Fsp3) is 0.409. The molecule has 0 aliphatic rings. The van der Waals surface area contributed by atoms with Crippen LogP contribution in [0.5, 0.6) is 11.5 Å². The molecule has 1 atom stereocenters. The summed E-state index contributed by atoms with van der Waals surface area (Å²) in [6.07, 6.45) is 2.50. The molecule has 0 fully saturated rings. The Kier molecular flexibility index (Phi) is 9.51. The first kappa shape index (κ1) is 22.4. The standard InChI is InChI=1S/C22H28ClNO3S/c1-4-21(28-18-11-9-17(23)10-12-18)22(25)24-14-6-7-16-8-13-19(27-5-2)20(15-16)26-3/h8-13,15,21H,4-7,14H2,1-3H3,(H,24,25)/t21-/m1/s1. The number of benzene rings is 2. The molecule has 2 aromatic rings. The van der Waals surface area contributed by atoms with Gasteiger partial charge >= 0.3 is 0 Å². The van der Waals surface area contributed by atoms with Gasteiger partial charge in [0.1, 0.15) is 0 Å². The molecule has 1 N–H and O–H groups in total. The van der Waals surface area contributed by atoms with Gasteiger partial charge in [-0.3, -0.25) is 4.79 Å². The van der Waals surface area contributed by atoms with E-state index in [1.807, 2.05) is 56.3 Å². The molecule has 0 saturated heterocycles. The second-order valence-electron chi connectivity index (χ2n) is 6.28. The molecular weight excluding hydrogens is 394 g/mol. The number of rotatable bonds is 11. The number of halogens is 1. The van der Waals surface area contributed by atoms with Crippen LogP contribution in [0.3, 0.4) is 0 Å². The lowest BCUT2D eigenvalue weighted by Crippen LogP contribution is -2.33. The Balaban J connectivity index is 1.80. The molecule has 2 rings (SSSR count). The van der Waals surface area contributed by atoms with E-state index in [0.29, 0.717) is 18.2 Å². The number of carbonyl (C=O) groups excluding carboxylic acids is 1. The van der Waals surface area contributed by atoms with Crippen LogP contribution in [-0.4, -0.2) is 31.4 Å². The van der Waals surface area contributed by atoms with Crippen molar-refractivity contribution in [1.82, 2.24) is 5.32 Å². The highest BCUT2D eigenvalue weighted by Crippen LogP contribution is 2.29. The molecule has 0 heterocycles. The second kappa shape index (κ2) is 11.9.